The van der Waals surface area contributed by atoms with E-state index in [2.05, 4.69) is 10.2 Å². The molecule has 1 aliphatic rings. The quantitative estimate of drug-likeness (QED) is 0.624. The van der Waals surface area contributed by atoms with Gasteiger partial charge in [0.15, 0.2) is 0 Å². The van der Waals surface area contributed by atoms with Crippen LogP contribution in [0.4, 0.5) is 21.5 Å². The van der Waals surface area contributed by atoms with Gasteiger partial charge in [0, 0.05) is 49.7 Å². The predicted molar refractivity (Wildman–Crippen MR) is 102 cm³/mol. The fourth-order valence-electron chi connectivity index (χ4n) is 2.94. The summed E-state index contributed by atoms with van der Waals surface area (Å²) in [6.07, 6.45) is 0. The summed E-state index contributed by atoms with van der Waals surface area (Å²) in [4.78, 5) is 26.7. The molecule has 1 N–H and O–H groups in total. The summed E-state index contributed by atoms with van der Waals surface area (Å²) < 4.78 is 13.2. The average Bonchev–Trinajstić information content (AvgIpc) is 2.65. The van der Waals surface area contributed by atoms with E-state index < -0.39 is 10.7 Å². The highest BCUT2D eigenvalue weighted by Crippen LogP contribution is 2.22. The monoisotopic (exact) mass is 392 g/mol. The molecule has 2 aromatic carbocycles. The first-order chi connectivity index (χ1) is 12.9. The molecule has 7 nitrogen and oxygen atoms in total. The Balaban J connectivity index is 1.51. The normalized spacial score (nSPS) is 14.8. The fourth-order valence-corrected chi connectivity index (χ4v) is 3.13. The first-order valence-corrected chi connectivity index (χ1v) is 8.77. The van der Waals surface area contributed by atoms with Crippen molar-refractivity contribution in [2.75, 3.05) is 42.9 Å². The molecule has 0 atom stereocenters. The van der Waals surface area contributed by atoms with E-state index in [1.165, 1.54) is 24.3 Å². The van der Waals surface area contributed by atoms with Crippen molar-refractivity contribution >= 4 is 34.6 Å². The van der Waals surface area contributed by atoms with Crippen LogP contribution in [0.15, 0.2) is 42.5 Å². The molecule has 0 spiro atoms. The maximum atomic E-state index is 13.2. The third-order valence-electron chi connectivity index (χ3n) is 4.35. The van der Waals surface area contributed by atoms with E-state index in [-0.39, 0.29) is 23.2 Å². The van der Waals surface area contributed by atoms with Crippen molar-refractivity contribution in [1.82, 2.24) is 4.90 Å². The van der Waals surface area contributed by atoms with Crippen LogP contribution in [-0.2, 0) is 4.79 Å². The first kappa shape index (κ1) is 19.1. The molecule has 9 heteroatoms. The van der Waals surface area contributed by atoms with Crippen LogP contribution in [0.2, 0.25) is 5.02 Å². The molecule has 3 rings (SSSR count). The Morgan fingerprint density at radius 1 is 1.19 bits per heavy atom. The molecule has 142 valence electrons. The summed E-state index contributed by atoms with van der Waals surface area (Å²) in [6.45, 7) is 2.84. The third-order valence-corrected chi connectivity index (χ3v) is 4.64. The zero-order valence-corrected chi connectivity index (χ0v) is 15.2. The highest BCUT2D eigenvalue weighted by molar-refractivity contribution is 6.31. The number of amides is 1. The number of hydrogen-bond donors (Lipinski definition) is 1. The van der Waals surface area contributed by atoms with Crippen LogP contribution in [-0.4, -0.2) is 48.5 Å². The lowest BCUT2D eigenvalue weighted by molar-refractivity contribution is -0.384. The van der Waals surface area contributed by atoms with Gasteiger partial charge in [0.25, 0.3) is 5.69 Å². The molecule has 1 amide bonds. The Kier molecular flexibility index (Phi) is 5.88. The summed E-state index contributed by atoms with van der Waals surface area (Å²) in [5, 5.41) is 13.6. The smallest absolute Gasteiger partial charge is 0.271 e. The van der Waals surface area contributed by atoms with Gasteiger partial charge in [0.1, 0.15) is 5.82 Å². The maximum absolute atomic E-state index is 13.2. The van der Waals surface area contributed by atoms with Crippen molar-refractivity contribution in [3.63, 3.8) is 0 Å². The van der Waals surface area contributed by atoms with Gasteiger partial charge in [-0.2, -0.15) is 0 Å². The van der Waals surface area contributed by atoms with Gasteiger partial charge >= 0.3 is 0 Å². The van der Waals surface area contributed by atoms with Crippen molar-refractivity contribution in [2.45, 2.75) is 0 Å². The molecule has 27 heavy (non-hydrogen) atoms. The van der Waals surface area contributed by atoms with Crippen molar-refractivity contribution in [3.05, 3.63) is 63.4 Å². The van der Waals surface area contributed by atoms with E-state index in [1.54, 1.807) is 12.1 Å². The van der Waals surface area contributed by atoms with Crippen LogP contribution in [0.3, 0.4) is 0 Å². The summed E-state index contributed by atoms with van der Waals surface area (Å²) in [6, 6.07) is 10.6. The van der Waals surface area contributed by atoms with E-state index in [9.17, 15) is 19.3 Å². The van der Waals surface area contributed by atoms with Crippen LogP contribution in [0.25, 0.3) is 0 Å². The highest BCUT2D eigenvalue weighted by atomic mass is 35.5. The van der Waals surface area contributed by atoms with Crippen molar-refractivity contribution in [2.24, 2.45) is 0 Å². The highest BCUT2D eigenvalue weighted by Gasteiger charge is 2.20. The third kappa shape index (κ3) is 4.93. The van der Waals surface area contributed by atoms with Crippen LogP contribution >= 0.6 is 11.6 Å². The number of nitro groups is 1. The second-order valence-electron chi connectivity index (χ2n) is 6.22. The fraction of sp³-hybridized carbons (Fsp3) is 0.278. The minimum absolute atomic E-state index is 0.0432. The molecule has 2 aromatic rings. The molecular weight excluding hydrogens is 375 g/mol. The molecule has 0 aromatic heterocycles. The second kappa shape index (κ2) is 8.32. The molecule has 1 fully saturated rings. The van der Waals surface area contributed by atoms with Crippen molar-refractivity contribution < 1.29 is 14.1 Å². The number of hydrogen-bond acceptors (Lipinski definition) is 5. The van der Waals surface area contributed by atoms with E-state index >= 15 is 0 Å². The Morgan fingerprint density at radius 3 is 2.59 bits per heavy atom. The Bertz CT molecular complexity index is 856. The molecule has 1 saturated heterocycles. The second-order valence-corrected chi connectivity index (χ2v) is 6.62. The number of carbonyl (C=O) groups excluding carboxylic acids is 1. The zero-order valence-electron chi connectivity index (χ0n) is 14.4. The van der Waals surface area contributed by atoms with Gasteiger partial charge in [-0.25, -0.2) is 4.39 Å². The van der Waals surface area contributed by atoms with E-state index in [4.69, 9.17) is 11.6 Å². The number of nitrogens with one attached hydrogen (secondary N) is 1. The standard InChI is InChI=1S/C18H18ClFN4O3/c19-16-10-13(4-5-17(16)20)21-18(25)12-22-6-8-23(9-7-22)14-2-1-3-15(11-14)24(26)27/h1-5,10-11H,6-9,12H2,(H,21,25). The van der Waals surface area contributed by atoms with Gasteiger partial charge in [-0.05, 0) is 24.3 Å². The molecule has 0 bridgehead atoms. The molecule has 1 aliphatic heterocycles. The van der Waals surface area contributed by atoms with Crippen LogP contribution < -0.4 is 10.2 Å². The number of halogens is 2. The van der Waals surface area contributed by atoms with Gasteiger partial charge in [-0.15, -0.1) is 0 Å². The number of anilines is 2. The van der Waals surface area contributed by atoms with Gasteiger partial charge < -0.3 is 10.2 Å². The van der Waals surface area contributed by atoms with Crippen LogP contribution in [0.5, 0.6) is 0 Å². The zero-order chi connectivity index (χ0) is 19.4. The maximum Gasteiger partial charge on any atom is 0.271 e. The van der Waals surface area contributed by atoms with Gasteiger partial charge in [0.2, 0.25) is 5.91 Å². The van der Waals surface area contributed by atoms with Crippen molar-refractivity contribution in [1.29, 1.82) is 0 Å². The summed E-state index contributed by atoms with van der Waals surface area (Å²) in [7, 11) is 0. The SMILES string of the molecule is O=C(CN1CCN(c2cccc([N+](=O)[O-])c2)CC1)Nc1ccc(F)c(Cl)c1. The summed E-state index contributed by atoms with van der Waals surface area (Å²) in [5.74, 6) is -0.742. The van der Waals surface area contributed by atoms with Crippen LogP contribution in [0.1, 0.15) is 0 Å². The Labute approximate surface area is 160 Å². The lowest BCUT2D eigenvalue weighted by Crippen LogP contribution is -2.48. The molecule has 0 radical (unpaired) electrons. The number of nitrogens with zero attached hydrogens (tertiary/aromatic N) is 3. The minimum Gasteiger partial charge on any atom is -0.369 e. The van der Waals surface area contributed by atoms with Crippen LogP contribution in [0, 0.1) is 15.9 Å². The van der Waals surface area contributed by atoms with Gasteiger partial charge in [-0.3, -0.25) is 19.8 Å². The molecule has 1 heterocycles. The van der Waals surface area contributed by atoms with Crippen molar-refractivity contribution in [3.8, 4) is 0 Å². The van der Waals surface area contributed by atoms with Gasteiger partial charge in [0.05, 0.1) is 16.5 Å². The van der Waals surface area contributed by atoms with E-state index in [0.717, 1.165) is 5.69 Å². The number of nitro benzene ring substituents is 1. The summed E-state index contributed by atoms with van der Waals surface area (Å²) in [5.41, 5.74) is 1.31. The minimum atomic E-state index is -0.535. The number of non-ortho nitro benzene ring substituents is 1. The largest absolute Gasteiger partial charge is 0.369 e. The predicted octanol–water partition coefficient (Wildman–Crippen LogP) is 3.15. The van der Waals surface area contributed by atoms with E-state index in [1.807, 2.05) is 11.0 Å². The molecule has 0 aliphatic carbocycles. The lowest BCUT2D eigenvalue weighted by atomic mass is 10.2. The average molecular weight is 393 g/mol. The molecule has 0 unspecified atom stereocenters. The number of benzene rings is 2. The Morgan fingerprint density at radius 2 is 1.93 bits per heavy atom. The molecule has 0 saturated carbocycles. The first-order valence-electron chi connectivity index (χ1n) is 8.39. The van der Waals surface area contributed by atoms with Gasteiger partial charge in [-0.1, -0.05) is 17.7 Å². The number of piperazine rings is 1. The van der Waals surface area contributed by atoms with E-state index in [0.29, 0.717) is 31.9 Å². The topological polar surface area (TPSA) is 78.7 Å². The number of rotatable bonds is 5. The Hall–Kier alpha value is -2.71. The number of carbonyl (C=O) groups is 1. The lowest BCUT2D eigenvalue weighted by Gasteiger charge is -2.35. The molecular formula is C18H18ClFN4O3. The summed E-state index contributed by atoms with van der Waals surface area (Å²) >= 11 is 5.71.